The Hall–Kier alpha value is -2.45. The molecule has 3 rings (SSSR count). The summed E-state index contributed by atoms with van der Waals surface area (Å²) in [6.45, 7) is 2.47. The maximum Gasteiger partial charge on any atom is 0.295 e. The Morgan fingerprint density at radius 1 is 1.18 bits per heavy atom. The second-order valence-corrected chi connectivity index (χ2v) is 7.01. The number of benzene rings is 2. The number of piperazine rings is 1. The lowest BCUT2D eigenvalue weighted by Crippen LogP contribution is -2.48. The summed E-state index contributed by atoms with van der Waals surface area (Å²) >= 11 is 5.82. The van der Waals surface area contributed by atoms with Crippen LogP contribution in [0.3, 0.4) is 0 Å². The number of anilines is 1. The smallest absolute Gasteiger partial charge is 0.295 e. The van der Waals surface area contributed by atoms with Crippen molar-refractivity contribution in [3.05, 3.63) is 68.5 Å². The van der Waals surface area contributed by atoms with E-state index in [1.54, 1.807) is 24.3 Å². The van der Waals surface area contributed by atoms with Gasteiger partial charge < -0.3 is 14.5 Å². The van der Waals surface area contributed by atoms with Gasteiger partial charge in [0.15, 0.2) is 0 Å². The number of carbonyl (C=O) groups excluding carboxylic acids is 1. The molecule has 0 amide bonds. The van der Waals surface area contributed by atoms with Crippen molar-refractivity contribution in [1.82, 2.24) is 4.81 Å². The number of rotatable bonds is 7. The minimum Gasteiger partial charge on any atom is -0.363 e. The van der Waals surface area contributed by atoms with Crippen molar-refractivity contribution in [2.75, 3.05) is 31.1 Å². The van der Waals surface area contributed by atoms with Crippen LogP contribution in [0.25, 0.3) is 0 Å². The predicted molar refractivity (Wildman–Crippen MR) is 108 cm³/mol. The molecule has 0 bridgehead atoms. The monoisotopic (exact) mass is 402 g/mol. The first-order valence-corrected chi connectivity index (χ1v) is 9.35. The molecular formula is C19H19BClFN3O3. The summed E-state index contributed by atoms with van der Waals surface area (Å²) in [5.41, 5.74) is 2.14. The predicted octanol–water partition coefficient (Wildman–Crippen LogP) is 3.10. The highest BCUT2D eigenvalue weighted by Gasteiger charge is 2.26. The van der Waals surface area contributed by atoms with Crippen LogP contribution in [0.4, 0.5) is 15.8 Å². The second kappa shape index (κ2) is 9.17. The lowest BCUT2D eigenvalue weighted by Gasteiger charge is -2.35. The van der Waals surface area contributed by atoms with E-state index in [4.69, 9.17) is 11.6 Å². The minimum atomic E-state index is -0.482. The number of hydrogen-bond donors (Lipinski definition) is 0. The van der Waals surface area contributed by atoms with E-state index in [2.05, 4.69) is 0 Å². The molecule has 9 heteroatoms. The molecule has 0 saturated carbocycles. The van der Waals surface area contributed by atoms with Crippen LogP contribution in [0.15, 0.2) is 36.4 Å². The highest BCUT2D eigenvalue weighted by atomic mass is 35.5. The molecule has 2 aromatic carbocycles. The maximum absolute atomic E-state index is 13.3. The zero-order valence-electron chi connectivity index (χ0n) is 15.2. The third-order valence-corrected chi connectivity index (χ3v) is 5.16. The molecular weight excluding hydrogens is 383 g/mol. The van der Waals surface area contributed by atoms with E-state index in [0.29, 0.717) is 50.3 Å². The Morgan fingerprint density at radius 2 is 1.93 bits per heavy atom. The van der Waals surface area contributed by atoms with Gasteiger partial charge in [0.25, 0.3) is 13.1 Å². The van der Waals surface area contributed by atoms with Gasteiger partial charge in [0.2, 0.25) is 0 Å². The molecule has 28 heavy (non-hydrogen) atoms. The van der Waals surface area contributed by atoms with Gasteiger partial charge in [-0.1, -0.05) is 29.8 Å². The highest BCUT2D eigenvalue weighted by Crippen LogP contribution is 2.33. The third kappa shape index (κ3) is 4.69. The van der Waals surface area contributed by atoms with Crippen LogP contribution in [-0.4, -0.2) is 49.5 Å². The zero-order chi connectivity index (χ0) is 20.1. The number of nitro benzene ring substituents is 1. The van der Waals surface area contributed by atoms with Crippen molar-refractivity contribution in [1.29, 1.82) is 0 Å². The van der Waals surface area contributed by atoms with E-state index >= 15 is 0 Å². The molecule has 1 aliphatic heterocycles. The number of para-hydroxylation sites is 1. The molecule has 1 aliphatic rings. The van der Waals surface area contributed by atoms with Crippen LogP contribution in [0.2, 0.25) is 5.02 Å². The number of nitro groups is 1. The molecule has 0 atom stereocenters. The van der Waals surface area contributed by atoms with Crippen molar-refractivity contribution in [3.8, 4) is 0 Å². The van der Waals surface area contributed by atoms with E-state index < -0.39 is 5.82 Å². The average molecular weight is 403 g/mol. The maximum atomic E-state index is 13.3. The first kappa shape index (κ1) is 20.3. The standard InChI is InChI=1S/C19H19BClFN3O3/c21-16-12-14(5-7-17(16)22)4-6-15-2-1-3-18(19(15)25(27)28)23-8-10-24(11-9-23)20-13-26/h1-3,5,7,12-13H,4,6,8-11H2. The molecule has 0 spiro atoms. The summed E-state index contributed by atoms with van der Waals surface area (Å²) in [4.78, 5) is 26.0. The van der Waals surface area contributed by atoms with Crippen molar-refractivity contribution < 1.29 is 14.1 Å². The Morgan fingerprint density at radius 3 is 2.57 bits per heavy atom. The summed E-state index contributed by atoms with van der Waals surface area (Å²) < 4.78 is 13.3. The Bertz CT molecular complexity index is 875. The molecule has 145 valence electrons. The van der Waals surface area contributed by atoms with Gasteiger partial charge in [-0.05, 0) is 36.6 Å². The fraction of sp³-hybridized carbons (Fsp3) is 0.316. The third-order valence-electron chi connectivity index (χ3n) is 4.87. The Balaban J connectivity index is 1.78. The summed E-state index contributed by atoms with van der Waals surface area (Å²) in [5.74, 6) is -0.482. The lowest BCUT2D eigenvalue weighted by atomic mass is 9.93. The van der Waals surface area contributed by atoms with Gasteiger partial charge >= 0.3 is 0 Å². The number of nitrogens with zero attached hydrogens (tertiary/aromatic N) is 3. The molecule has 0 unspecified atom stereocenters. The zero-order valence-corrected chi connectivity index (χ0v) is 15.9. The van der Waals surface area contributed by atoms with E-state index in [9.17, 15) is 19.3 Å². The molecule has 0 aromatic heterocycles. The van der Waals surface area contributed by atoms with Crippen LogP contribution in [0, 0.1) is 15.9 Å². The van der Waals surface area contributed by atoms with E-state index in [1.165, 1.54) is 13.5 Å². The van der Waals surface area contributed by atoms with Gasteiger partial charge in [0.05, 0.1) is 16.1 Å². The fourth-order valence-corrected chi connectivity index (χ4v) is 3.62. The first-order chi connectivity index (χ1) is 13.5. The molecule has 6 nitrogen and oxygen atoms in total. The van der Waals surface area contributed by atoms with Gasteiger partial charge in [-0.15, -0.1) is 0 Å². The summed E-state index contributed by atoms with van der Waals surface area (Å²) in [7, 11) is 1.50. The molecule has 1 radical (unpaired) electrons. The van der Waals surface area contributed by atoms with Gasteiger partial charge in [0.1, 0.15) is 11.5 Å². The molecule has 1 heterocycles. The van der Waals surface area contributed by atoms with Gasteiger partial charge in [-0.3, -0.25) is 10.1 Å². The van der Waals surface area contributed by atoms with Crippen LogP contribution < -0.4 is 4.90 Å². The highest BCUT2D eigenvalue weighted by molar-refractivity contribution is 6.64. The minimum absolute atomic E-state index is 0.0470. The number of carbonyl (C=O) groups is 1. The van der Waals surface area contributed by atoms with Gasteiger partial charge in [-0.2, -0.15) is 0 Å². The summed E-state index contributed by atoms with van der Waals surface area (Å²) in [6.07, 6.45) is 1.72. The van der Waals surface area contributed by atoms with Gasteiger partial charge in [0, 0.05) is 31.7 Å². The number of halogens is 2. The van der Waals surface area contributed by atoms with Crippen molar-refractivity contribution in [2.45, 2.75) is 12.8 Å². The summed E-state index contributed by atoms with van der Waals surface area (Å²) in [5, 5.41) is 11.9. The molecule has 0 N–H and O–H groups in total. The van der Waals surface area contributed by atoms with Crippen LogP contribution in [-0.2, 0) is 17.6 Å². The van der Waals surface area contributed by atoms with E-state index in [-0.39, 0.29) is 15.6 Å². The van der Waals surface area contributed by atoms with Crippen molar-refractivity contribution in [3.63, 3.8) is 0 Å². The SMILES string of the molecule is O=C[B]N1CCN(c2cccc(CCc3ccc(F)c(Cl)c3)c2[N+](=O)[O-])CC1. The number of aryl methyl sites for hydroxylation is 2. The van der Waals surface area contributed by atoms with Crippen molar-refractivity contribution in [2.24, 2.45) is 0 Å². The van der Waals surface area contributed by atoms with E-state index in [1.807, 2.05) is 15.8 Å². The van der Waals surface area contributed by atoms with Crippen LogP contribution in [0.5, 0.6) is 0 Å². The van der Waals surface area contributed by atoms with Crippen LogP contribution in [0.1, 0.15) is 11.1 Å². The Kier molecular flexibility index (Phi) is 6.64. The average Bonchev–Trinajstić information content (AvgIpc) is 2.69. The molecule has 2 aromatic rings. The largest absolute Gasteiger partial charge is 0.363 e. The Labute approximate surface area is 168 Å². The van der Waals surface area contributed by atoms with Crippen LogP contribution >= 0.6 is 11.6 Å². The molecule has 1 saturated heterocycles. The quantitative estimate of drug-likeness (QED) is 0.308. The van der Waals surface area contributed by atoms with E-state index in [0.717, 1.165) is 11.7 Å². The fourth-order valence-electron chi connectivity index (χ4n) is 3.42. The number of hydrogen-bond acceptors (Lipinski definition) is 5. The first-order valence-electron chi connectivity index (χ1n) is 8.97. The summed E-state index contributed by atoms with van der Waals surface area (Å²) in [6, 6.07) is 9.82. The molecule has 0 aliphatic carbocycles. The second-order valence-electron chi connectivity index (χ2n) is 6.60. The molecule has 1 fully saturated rings. The topological polar surface area (TPSA) is 66.7 Å². The van der Waals surface area contributed by atoms with Crippen molar-refractivity contribution >= 4 is 36.6 Å². The van der Waals surface area contributed by atoms with Gasteiger partial charge in [-0.25, -0.2) is 4.39 Å². The lowest BCUT2D eigenvalue weighted by molar-refractivity contribution is -0.384. The normalized spacial score (nSPS) is 14.7.